The first kappa shape index (κ1) is 14.8. The highest BCUT2D eigenvalue weighted by Gasteiger charge is 2.16. The van der Waals surface area contributed by atoms with Gasteiger partial charge in [-0.05, 0) is 32.0 Å². The van der Waals surface area contributed by atoms with Crippen LogP contribution < -0.4 is 0 Å². The molecular formula is C18H17N5S. The molecule has 0 aliphatic heterocycles. The van der Waals surface area contributed by atoms with E-state index in [4.69, 9.17) is 0 Å². The molecule has 6 heteroatoms. The van der Waals surface area contributed by atoms with E-state index in [1.807, 2.05) is 48.4 Å². The lowest BCUT2D eigenvalue weighted by Gasteiger charge is -2.15. The molecule has 1 aromatic carbocycles. The van der Waals surface area contributed by atoms with E-state index in [0.717, 1.165) is 27.8 Å². The summed E-state index contributed by atoms with van der Waals surface area (Å²) in [5.41, 5.74) is 3.15. The van der Waals surface area contributed by atoms with Crippen LogP contribution >= 0.6 is 11.3 Å². The molecule has 0 aliphatic carbocycles. The molecule has 4 rings (SSSR count). The Hall–Kier alpha value is -2.73. The van der Waals surface area contributed by atoms with Gasteiger partial charge in [0.25, 0.3) is 0 Å². The summed E-state index contributed by atoms with van der Waals surface area (Å²) in [6, 6.07) is 10.3. The van der Waals surface area contributed by atoms with Gasteiger partial charge >= 0.3 is 0 Å². The smallest absolute Gasteiger partial charge is 0.140 e. The summed E-state index contributed by atoms with van der Waals surface area (Å²) in [6.45, 7) is 4.18. The van der Waals surface area contributed by atoms with Crippen molar-refractivity contribution in [2.24, 2.45) is 0 Å². The number of hydrogen-bond donors (Lipinski definition) is 0. The molecule has 0 spiro atoms. The van der Waals surface area contributed by atoms with Gasteiger partial charge in [-0.3, -0.25) is 0 Å². The number of benzene rings is 1. The van der Waals surface area contributed by atoms with Crippen molar-refractivity contribution in [1.82, 2.24) is 24.3 Å². The normalized spacial score (nSPS) is 12.4. The van der Waals surface area contributed by atoms with Crippen molar-refractivity contribution in [2.75, 3.05) is 0 Å². The van der Waals surface area contributed by atoms with Crippen molar-refractivity contribution in [3.05, 3.63) is 71.2 Å². The minimum atomic E-state index is 0.140. The molecule has 0 saturated carbocycles. The van der Waals surface area contributed by atoms with Crippen molar-refractivity contribution in [2.45, 2.75) is 19.9 Å². The van der Waals surface area contributed by atoms with Crippen LogP contribution in [0.3, 0.4) is 0 Å². The molecule has 0 radical (unpaired) electrons. The van der Waals surface area contributed by atoms with Crippen LogP contribution in [0.25, 0.3) is 17.1 Å². The molecule has 5 nitrogen and oxygen atoms in total. The highest BCUT2D eigenvalue weighted by molar-refractivity contribution is 7.09. The van der Waals surface area contributed by atoms with E-state index in [-0.39, 0.29) is 6.04 Å². The molecule has 0 bridgehead atoms. The van der Waals surface area contributed by atoms with Gasteiger partial charge in [-0.2, -0.15) is 5.10 Å². The van der Waals surface area contributed by atoms with E-state index >= 15 is 0 Å². The Balaban J connectivity index is 1.74. The predicted molar refractivity (Wildman–Crippen MR) is 95.4 cm³/mol. The summed E-state index contributed by atoms with van der Waals surface area (Å²) in [5, 5.41) is 7.50. The fourth-order valence-corrected chi connectivity index (χ4v) is 3.47. The number of nitrogens with zero attached hydrogens (tertiary/aromatic N) is 5. The van der Waals surface area contributed by atoms with Gasteiger partial charge < -0.3 is 4.57 Å². The Morgan fingerprint density at radius 3 is 2.79 bits per heavy atom. The van der Waals surface area contributed by atoms with Crippen LogP contribution in [0.5, 0.6) is 0 Å². The standard InChI is InChI=1S/C18H17N5S/c1-13(17-12-24-14(2)21-17)22-10-8-19-18(22)15-5-3-6-16(11-15)23-9-4-7-20-23/h3-13H,1-2H3/t13-/m1/s1. The Morgan fingerprint density at radius 1 is 1.12 bits per heavy atom. The second-order valence-corrected chi connectivity index (χ2v) is 6.69. The Morgan fingerprint density at radius 2 is 2.04 bits per heavy atom. The van der Waals surface area contributed by atoms with Gasteiger partial charge in [0.15, 0.2) is 0 Å². The Bertz CT molecular complexity index is 951. The highest BCUT2D eigenvalue weighted by Crippen LogP contribution is 2.27. The molecular weight excluding hydrogens is 318 g/mol. The van der Waals surface area contributed by atoms with Crippen molar-refractivity contribution in [3.63, 3.8) is 0 Å². The first-order chi connectivity index (χ1) is 11.7. The van der Waals surface area contributed by atoms with E-state index in [1.54, 1.807) is 17.5 Å². The summed E-state index contributed by atoms with van der Waals surface area (Å²) >= 11 is 1.68. The summed E-state index contributed by atoms with van der Waals surface area (Å²) in [6.07, 6.45) is 7.56. The van der Waals surface area contributed by atoms with E-state index in [1.165, 1.54) is 0 Å². The lowest BCUT2D eigenvalue weighted by Crippen LogP contribution is -2.08. The van der Waals surface area contributed by atoms with Crippen LogP contribution in [0.2, 0.25) is 0 Å². The van der Waals surface area contributed by atoms with Gasteiger partial charge in [-0.15, -0.1) is 11.3 Å². The lowest BCUT2D eigenvalue weighted by molar-refractivity contribution is 0.629. The minimum absolute atomic E-state index is 0.140. The van der Waals surface area contributed by atoms with Gasteiger partial charge in [0.2, 0.25) is 0 Å². The quantitative estimate of drug-likeness (QED) is 0.564. The molecule has 3 heterocycles. The van der Waals surface area contributed by atoms with Crippen LogP contribution in [0, 0.1) is 6.92 Å². The Labute approximate surface area is 144 Å². The summed E-state index contributed by atoms with van der Waals surface area (Å²) < 4.78 is 4.01. The SMILES string of the molecule is Cc1nc([C@@H](C)n2ccnc2-c2cccc(-n3cccn3)c2)cs1. The van der Waals surface area contributed by atoms with Gasteiger partial charge in [-0.25, -0.2) is 14.6 Å². The second-order valence-electron chi connectivity index (χ2n) is 5.63. The van der Waals surface area contributed by atoms with E-state index in [9.17, 15) is 0 Å². The average molecular weight is 335 g/mol. The van der Waals surface area contributed by atoms with E-state index in [0.29, 0.717) is 0 Å². The largest absolute Gasteiger partial charge is 0.322 e. The van der Waals surface area contributed by atoms with Crippen LogP contribution in [0.1, 0.15) is 23.7 Å². The fraction of sp³-hybridized carbons (Fsp3) is 0.167. The lowest BCUT2D eigenvalue weighted by atomic mass is 10.1. The number of rotatable bonds is 4. The van der Waals surface area contributed by atoms with Crippen LogP contribution in [-0.4, -0.2) is 24.3 Å². The molecule has 0 aliphatic rings. The molecule has 3 aromatic heterocycles. The van der Waals surface area contributed by atoms with Crippen molar-refractivity contribution >= 4 is 11.3 Å². The summed E-state index contributed by atoms with van der Waals surface area (Å²) in [5.74, 6) is 0.933. The second kappa shape index (κ2) is 6.05. The maximum atomic E-state index is 4.62. The zero-order chi connectivity index (χ0) is 16.5. The van der Waals surface area contributed by atoms with Crippen molar-refractivity contribution in [1.29, 1.82) is 0 Å². The summed E-state index contributed by atoms with van der Waals surface area (Å²) in [4.78, 5) is 9.19. The third-order valence-corrected chi connectivity index (χ3v) is 4.82. The van der Waals surface area contributed by atoms with Crippen LogP contribution in [0.15, 0.2) is 60.5 Å². The van der Waals surface area contributed by atoms with Gasteiger partial charge in [0.05, 0.1) is 22.4 Å². The number of aromatic nitrogens is 5. The maximum Gasteiger partial charge on any atom is 0.140 e. The number of imidazole rings is 1. The van der Waals surface area contributed by atoms with Crippen molar-refractivity contribution in [3.8, 4) is 17.1 Å². The van der Waals surface area contributed by atoms with Gasteiger partial charge in [-0.1, -0.05) is 12.1 Å². The van der Waals surface area contributed by atoms with Crippen LogP contribution in [0.4, 0.5) is 0 Å². The number of aryl methyl sites for hydroxylation is 1. The number of hydrogen-bond acceptors (Lipinski definition) is 4. The minimum Gasteiger partial charge on any atom is -0.322 e. The molecule has 0 fully saturated rings. The maximum absolute atomic E-state index is 4.62. The molecule has 1 atom stereocenters. The predicted octanol–water partition coefficient (Wildman–Crippen LogP) is 4.11. The zero-order valence-electron chi connectivity index (χ0n) is 13.5. The highest BCUT2D eigenvalue weighted by atomic mass is 32.1. The first-order valence-corrected chi connectivity index (χ1v) is 8.65. The van der Waals surface area contributed by atoms with Gasteiger partial charge in [0, 0.05) is 35.7 Å². The monoisotopic (exact) mass is 335 g/mol. The first-order valence-electron chi connectivity index (χ1n) is 7.77. The molecule has 0 saturated heterocycles. The third kappa shape index (κ3) is 2.65. The molecule has 24 heavy (non-hydrogen) atoms. The van der Waals surface area contributed by atoms with E-state index < -0.39 is 0 Å². The van der Waals surface area contributed by atoms with Crippen LogP contribution in [-0.2, 0) is 0 Å². The summed E-state index contributed by atoms with van der Waals surface area (Å²) in [7, 11) is 0. The Kier molecular flexibility index (Phi) is 3.74. The molecule has 120 valence electrons. The average Bonchev–Trinajstić information content (AvgIpc) is 3.35. The van der Waals surface area contributed by atoms with Gasteiger partial charge in [0.1, 0.15) is 5.82 Å². The third-order valence-electron chi connectivity index (χ3n) is 4.02. The fourth-order valence-electron chi connectivity index (χ4n) is 2.77. The zero-order valence-corrected chi connectivity index (χ0v) is 14.3. The molecule has 0 amide bonds. The molecule has 0 N–H and O–H groups in total. The topological polar surface area (TPSA) is 48.5 Å². The molecule has 4 aromatic rings. The number of thiazole rings is 1. The van der Waals surface area contributed by atoms with E-state index in [2.05, 4.69) is 44.1 Å². The molecule has 0 unspecified atom stereocenters. The van der Waals surface area contributed by atoms with Crippen molar-refractivity contribution < 1.29 is 0 Å².